The van der Waals surface area contributed by atoms with Crippen LogP contribution < -0.4 is 14.4 Å². The monoisotopic (exact) mass is 422 g/mol. The van der Waals surface area contributed by atoms with Crippen LogP contribution in [0.15, 0.2) is 48.5 Å². The predicted molar refractivity (Wildman–Crippen MR) is 120 cm³/mol. The van der Waals surface area contributed by atoms with Crippen molar-refractivity contribution >= 4 is 5.69 Å². The molecule has 0 bridgehead atoms. The molecule has 3 aromatic rings. The molecule has 1 aromatic heterocycles. The van der Waals surface area contributed by atoms with Gasteiger partial charge in [-0.3, -0.25) is 4.90 Å². The third-order valence-electron chi connectivity index (χ3n) is 5.78. The molecule has 0 spiro atoms. The summed E-state index contributed by atoms with van der Waals surface area (Å²) in [6.45, 7) is 7.88. The van der Waals surface area contributed by atoms with Gasteiger partial charge in [0.25, 0.3) is 0 Å². The Morgan fingerprint density at radius 1 is 0.871 bits per heavy atom. The van der Waals surface area contributed by atoms with E-state index in [0.29, 0.717) is 11.5 Å². The highest BCUT2D eigenvalue weighted by atomic mass is 16.5. The van der Waals surface area contributed by atoms with E-state index in [1.807, 2.05) is 16.8 Å². The second-order valence-electron chi connectivity index (χ2n) is 7.95. The summed E-state index contributed by atoms with van der Waals surface area (Å²) in [6, 6.07) is 16.7. The maximum atomic E-state index is 5.57. The zero-order chi connectivity index (χ0) is 21.8. The van der Waals surface area contributed by atoms with Gasteiger partial charge >= 0.3 is 0 Å². The fourth-order valence-electron chi connectivity index (χ4n) is 4.17. The van der Waals surface area contributed by atoms with Crippen molar-refractivity contribution in [3.8, 4) is 11.5 Å². The Bertz CT molecular complexity index is 983. The maximum absolute atomic E-state index is 5.57. The van der Waals surface area contributed by atoms with Crippen LogP contribution in [0.25, 0.3) is 0 Å². The quantitative estimate of drug-likeness (QED) is 0.579. The number of hydrogen-bond acceptors (Lipinski definition) is 7. The first-order chi connectivity index (χ1) is 15.1. The number of hydrogen-bond donors (Lipinski definition) is 0. The van der Waals surface area contributed by atoms with E-state index in [4.69, 9.17) is 9.47 Å². The number of aromatic nitrogens is 4. The normalized spacial score (nSPS) is 15.8. The van der Waals surface area contributed by atoms with E-state index < -0.39 is 0 Å². The number of anilines is 1. The summed E-state index contributed by atoms with van der Waals surface area (Å²) in [6.07, 6.45) is 0. The summed E-state index contributed by atoms with van der Waals surface area (Å²) in [5.41, 5.74) is 2.35. The fraction of sp³-hybridized carbons (Fsp3) is 0.435. The van der Waals surface area contributed by atoms with Gasteiger partial charge in [0, 0.05) is 31.9 Å². The topological polar surface area (TPSA) is 68.5 Å². The third-order valence-corrected chi connectivity index (χ3v) is 5.78. The first-order valence-corrected chi connectivity index (χ1v) is 10.7. The molecule has 0 radical (unpaired) electrons. The van der Waals surface area contributed by atoms with Crippen LogP contribution in [0.1, 0.15) is 37.3 Å². The minimum atomic E-state index is -0.0740. The molecule has 4 rings (SSSR count). The maximum Gasteiger partial charge on any atom is 0.173 e. The van der Waals surface area contributed by atoms with Gasteiger partial charge in [-0.15, -0.1) is 5.10 Å². The molecular weight excluding hydrogens is 392 g/mol. The summed E-state index contributed by atoms with van der Waals surface area (Å²) in [7, 11) is 3.31. The lowest BCUT2D eigenvalue weighted by Crippen LogP contribution is -2.48. The number of piperazine rings is 1. The molecule has 2 heterocycles. The SMILES string of the molecule is COc1ccc(C(c2nnnn2C(C)C)N2CCN(c3ccccc3)CC2)cc1OC. The van der Waals surface area contributed by atoms with E-state index >= 15 is 0 Å². The molecule has 1 aliphatic rings. The number of rotatable bonds is 7. The van der Waals surface area contributed by atoms with Crippen molar-refractivity contribution in [3.05, 3.63) is 59.9 Å². The zero-order valence-electron chi connectivity index (χ0n) is 18.6. The minimum absolute atomic E-state index is 0.0740. The smallest absolute Gasteiger partial charge is 0.173 e. The van der Waals surface area contributed by atoms with E-state index in [0.717, 1.165) is 37.6 Å². The lowest BCUT2D eigenvalue weighted by molar-refractivity contribution is 0.198. The van der Waals surface area contributed by atoms with Gasteiger partial charge in [-0.05, 0) is 54.1 Å². The van der Waals surface area contributed by atoms with Crippen molar-refractivity contribution in [1.82, 2.24) is 25.1 Å². The van der Waals surface area contributed by atoms with Crippen molar-refractivity contribution in [2.24, 2.45) is 0 Å². The first kappa shape index (κ1) is 21.1. The second-order valence-corrected chi connectivity index (χ2v) is 7.95. The number of ether oxygens (including phenoxy) is 2. The van der Waals surface area contributed by atoms with Crippen LogP contribution >= 0.6 is 0 Å². The Morgan fingerprint density at radius 3 is 2.23 bits per heavy atom. The van der Waals surface area contributed by atoms with Crippen LogP contribution in [0, 0.1) is 0 Å². The number of nitrogens with zero attached hydrogens (tertiary/aromatic N) is 6. The number of benzene rings is 2. The zero-order valence-corrected chi connectivity index (χ0v) is 18.6. The van der Waals surface area contributed by atoms with E-state index in [1.54, 1.807) is 14.2 Å². The van der Waals surface area contributed by atoms with Gasteiger partial charge in [-0.1, -0.05) is 24.3 Å². The van der Waals surface area contributed by atoms with Crippen LogP contribution in [-0.2, 0) is 0 Å². The molecule has 8 heteroatoms. The van der Waals surface area contributed by atoms with Crippen LogP contribution in [0.3, 0.4) is 0 Å². The Balaban J connectivity index is 1.66. The Morgan fingerprint density at radius 2 is 1.58 bits per heavy atom. The molecule has 0 N–H and O–H groups in total. The van der Waals surface area contributed by atoms with Crippen molar-refractivity contribution < 1.29 is 9.47 Å². The lowest BCUT2D eigenvalue weighted by atomic mass is 10.0. The highest BCUT2D eigenvalue weighted by Crippen LogP contribution is 2.35. The molecule has 0 saturated carbocycles. The van der Waals surface area contributed by atoms with Crippen molar-refractivity contribution in [2.45, 2.75) is 25.9 Å². The molecule has 8 nitrogen and oxygen atoms in total. The molecule has 0 aliphatic carbocycles. The lowest BCUT2D eigenvalue weighted by Gasteiger charge is -2.40. The molecule has 1 aliphatic heterocycles. The molecular formula is C23H30N6O2. The van der Waals surface area contributed by atoms with Crippen LogP contribution in [0.2, 0.25) is 0 Å². The van der Waals surface area contributed by atoms with Crippen molar-refractivity contribution in [3.63, 3.8) is 0 Å². The van der Waals surface area contributed by atoms with E-state index in [9.17, 15) is 0 Å². The van der Waals surface area contributed by atoms with Crippen molar-refractivity contribution in [2.75, 3.05) is 45.3 Å². The molecule has 164 valence electrons. The number of para-hydroxylation sites is 1. The van der Waals surface area contributed by atoms with Gasteiger partial charge in [0.2, 0.25) is 0 Å². The molecule has 1 fully saturated rings. The van der Waals surface area contributed by atoms with Gasteiger partial charge in [0.05, 0.1) is 26.3 Å². The van der Waals surface area contributed by atoms with E-state index in [1.165, 1.54) is 5.69 Å². The van der Waals surface area contributed by atoms with Crippen LogP contribution in [0.5, 0.6) is 11.5 Å². The second kappa shape index (κ2) is 9.34. The first-order valence-electron chi connectivity index (χ1n) is 10.7. The standard InChI is InChI=1S/C23H30N6O2/c1-17(2)29-23(24-25-26-29)22(18-10-11-20(30-3)21(16-18)31-4)28-14-12-27(13-15-28)19-8-6-5-7-9-19/h5-11,16-17,22H,12-15H2,1-4H3. The van der Waals surface area contributed by atoms with Gasteiger partial charge in [-0.2, -0.15) is 0 Å². The number of methoxy groups -OCH3 is 2. The minimum Gasteiger partial charge on any atom is -0.493 e. The summed E-state index contributed by atoms with van der Waals surface area (Å²) < 4.78 is 12.9. The fourth-order valence-corrected chi connectivity index (χ4v) is 4.17. The van der Waals surface area contributed by atoms with E-state index in [2.05, 4.69) is 75.6 Å². The molecule has 2 aromatic carbocycles. The average molecular weight is 423 g/mol. The largest absolute Gasteiger partial charge is 0.493 e. The summed E-state index contributed by atoms with van der Waals surface area (Å²) in [5.74, 6) is 2.26. The molecule has 1 saturated heterocycles. The third kappa shape index (κ3) is 4.34. The Hall–Kier alpha value is -3.13. The summed E-state index contributed by atoms with van der Waals surface area (Å²) in [4.78, 5) is 4.87. The molecule has 31 heavy (non-hydrogen) atoms. The predicted octanol–water partition coefficient (Wildman–Crippen LogP) is 3.18. The van der Waals surface area contributed by atoms with Crippen molar-refractivity contribution in [1.29, 1.82) is 0 Å². The van der Waals surface area contributed by atoms with Crippen LogP contribution in [-0.4, -0.2) is 65.5 Å². The Labute approximate surface area is 183 Å². The molecule has 1 unspecified atom stereocenters. The van der Waals surface area contributed by atoms with Crippen LogP contribution in [0.4, 0.5) is 5.69 Å². The number of tetrazole rings is 1. The molecule has 1 atom stereocenters. The Kier molecular flexibility index (Phi) is 6.36. The van der Waals surface area contributed by atoms with E-state index in [-0.39, 0.29) is 12.1 Å². The highest BCUT2D eigenvalue weighted by Gasteiger charge is 2.32. The summed E-state index contributed by atoms with van der Waals surface area (Å²) >= 11 is 0. The van der Waals surface area contributed by atoms with Gasteiger partial charge in [0.15, 0.2) is 17.3 Å². The van der Waals surface area contributed by atoms with Gasteiger partial charge < -0.3 is 14.4 Å². The van der Waals surface area contributed by atoms with Gasteiger partial charge in [0.1, 0.15) is 0 Å². The molecule has 0 amide bonds. The highest BCUT2D eigenvalue weighted by molar-refractivity contribution is 5.47. The summed E-state index contributed by atoms with van der Waals surface area (Å²) in [5, 5.41) is 12.7. The van der Waals surface area contributed by atoms with Gasteiger partial charge in [-0.25, -0.2) is 4.68 Å². The average Bonchev–Trinajstić information content (AvgIpc) is 3.30.